The van der Waals surface area contributed by atoms with E-state index in [1.807, 2.05) is 18.2 Å². The lowest BCUT2D eigenvalue weighted by molar-refractivity contribution is -0.119. The molecule has 0 aliphatic heterocycles. The van der Waals surface area contributed by atoms with Crippen LogP contribution in [-0.2, 0) is 4.79 Å². The van der Waals surface area contributed by atoms with Crippen molar-refractivity contribution in [3.05, 3.63) is 22.7 Å². The van der Waals surface area contributed by atoms with Gasteiger partial charge in [0.15, 0.2) is 0 Å². The summed E-state index contributed by atoms with van der Waals surface area (Å²) < 4.78 is 0.946. The van der Waals surface area contributed by atoms with Crippen LogP contribution < -0.4 is 11.1 Å². The van der Waals surface area contributed by atoms with Crippen molar-refractivity contribution in [3.63, 3.8) is 0 Å². The summed E-state index contributed by atoms with van der Waals surface area (Å²) >= 11 is 5.01. The highest BCUT2D eigenvalue weighted by Gasteiger charge is 2.19. The van der Waals surface area contributed by atoms with Crippen LogP contribution in [0.15, 0.2) is 27.6 Å². The van der Waals surface area contributed by atoms with Crippen LogP contribution in [-0.4, -0.2) is 17.7 Å². The number of thioether (sulfide) groups is 1. The van der Waals surface area contributed by atoms with E-state index < -0.39 is 0 Å². The third-order valence-corrected chi connectivity index (χ3v) is 5.69. The molecule has 0 bridgehead atoms. The lowest BCUT2D eigenvalue weighted by Crippen LogP contribution is -2.38. The summed E-state index contributed by atoms with van der Waals surface area (Å²) in [4.78, 5) is 13.0. The predicted octanol–water partition coefficient (Wildman–Crippen LogP) is 3.82. The van der Waals surface area contributed by atoms with Crippen molar-refractivity contribution in [1.29, 1.82) is 0 Å². The normalized spacial score (nSPS) is 22.5. The number of rotatable bonds is 4. The number of hydrogen-bond donors (Lipinski definition) is 2. The van der Waals surface area contributed by atoms with E-state index in [1.54, 1.807) is 0 Å². The molecule has 1 aromatic rings. The highest BCUT2D eigenvalue weighted by atomic mass is 79.9. The fraction of sp³-hybridized carbons (Fsp3) is 0.533. The number of benzene rings is 1. The van der Waals surface area contributed by atoms with Crippen LogP contribution in [0.4, 0.5) is 5.69 Å². The topological polar surface area (TPSA) is 55.1 Å². The maximum atomic E-state index is 12.0. The van der Waals surface area contributed by atoms with Gasteiger partial charge in [0, 0.05) is 21.1 Å². The monoisotopic (exact) mass is 356 g/mol. The van der Waals surface area contributed by atoms with Gasteiger partial charge in [-0.05, 0) is 65.7 Å². The molecule has 1 aromatic carbocycles. The van der Waals surface area contributed by atoms with Crippen molar-refractivity contribution in [3.8, 4) is 0 Å². The molecule has 2 rings (SSSR count). The minimum absolute atomic E-state index is 0.123. The van der Waals surface area contributed by atoms with Crippen LogP contribution in [0.5, 0.6) is 0 Å². The summed E-state index contributed by atoms with van der Waals surface area (Å²) in [6, 6.07) is 6.03. The number of carbonyl (C=O) groups is 1. The predicted molar refractivity (Wildman–Crippen MR) is 88.8 cm³/mol. The highest BCUT2D eigenvalue weighted by Crippen LogP contribution is 2.29. The Kier molecular flexibility index (Phi) is 5.78. The molecule has 0 aromatic heterocycles. The Bertz CT molecular complexity index is 473. The number of nitrogens with one attached hydrogen (secondary N) is 1. The third-order valence-electron chi connectivity index (χ3n) is 3.70. The Labute approximate surface area is 133 Å². The SMILES string of the molecule is CC1CCC(NC(=O)CSc2ccc(N)cc2Br)CC1. The molecule has 20 heavy (non-hydrogen) atoms. The van der Waals surface area contributed by atoms with E-state index in [2.05, 4.69) is 28.2 Å². The number of carbonyl (C=O) groups excluding carboxylic acids is 1. The Morgan fingerprint density at radius 2 is 2.10 bits per heavy atom. The minimum Gasteiger partial charge on any atom is -0.399 e. The molecule has 3 N–H and O–H groups in total. The molecular weight excluding hydrogens is 336 g/mol. The quantitative estimate of drug-likeness (QED) is 0.636. The fourth-order valence-corrected chi connectivity index (χ4v) is 3.92. The first-order chi connectivity index (χ1) is 9.54. The molecule has 0 saturated heterocycles. The van der Waals surface area contributed by atoms with E-state index >= 15 is 0 Å². The van der Waals surface area contributed by atoms with Crippen molar-refractivity contribution in [2.24, 2.45) is 5.92 Å². The van der Waals surface area contributed by atoms with E-state index in [4.69, 9.17) is 5.73 Å². The van der Waals surface area contributed by atoms with Gasteiger partial charge in [0.05, 0.1) is 5.75 Å². The van der Waals surface area contributed by atoms with Crippen molar-refractivity contribution in [2.75, 3.05) is 11.5 Å². The van der Waals surface area contributed by atoms with Crippen LogP contribution in [0.2, 0.25) is 0 Å². The van der Waals surface area contributed by atoms with E-state index in [-0.39, 0.29) is 5.91 Å². The summed E-state index contributed by atoms with van der Waals surface area (Å²) in [5, 5.41) is 3.14. The second kappa shape index (κ2) is 7.36. The Morgan fingerprint density at radius 3 is 2.75 bits per heavy atom. The zero-order valence-corrected chi connectivity index (χ0v) is 14.1. The highest BCUT2D eigenvalue weighted by molar-refractivity contribution is 9.10. The van der Waals surface area contributed by atoms with Gasteiger partial charge in [0.2, 0.25) is 5.91 Å². The lowest BCUT2D eigenvalue weighted by Gasteiger charge is -2.26. The van der Waals surface area contributed by atoms with Gasteiger partial charge < -0.3 is 11.1 Å². The Balaban J connectivity index is 1.77. The van der Waals surface area contributed by atoms with Gasteiger partial charge in [-0.3, -0.25) is 4.79 Å². The maximum Gasteiger partial charge on any atom is 0.230 e. The summed E-state index contributed by atoms with van der Waals surface area (Å²) in [7, 11) is 0. The second-order valence-corrected chi connectivity index (χ2v) is 7.37. The number of halogens is 1. The first-order valence-corrected chi connectivity index (χ1v) is 8.79. The molecule has 110 valence electrons. The van der Waals surface area contributed by atoms with Crippen LogP contribution in [0.3, 0.4) is 0 Å². The molecule has 0 atom stereocenters. The summed E-state index contributed by atoms with van der Waals surface area (Å²) in [5.41, 5.74) is 6.42. The van der Waals surface area contributed by atoms with Gasteiger partial charge >= 0.3 is 0 Å². The number of nitrogens with two attached hydrogens (primary N) is 1. The van der Waals surface area contributed by atoms with Crippen LogP contribution >= 0.6 is 27.7 Å². The van der Waals surface area contributed by atoms with Crippen molar-refractivity contribution in [2.45, 2.75) is 43.5 Å². The molecule has 1 amide bonds. The second-order valence-electron chi connectivity index (χ2n) is 5.50. The van der Waals surface area contributed by atoms with Gasteiger partial charge in [-0.25, -0.2) is 0 Å². The maximum absolute atomic E-state index is 12.0. The molecule has 0 heterocycles. The molecule has 0 radical (unpaired) electrons. The van der Waals surface area contributed by atoms with Crippen molar-refractivity contribution < 1.29 is 4.79 Å². The summed E-state index contributed by atoms with van der Waals surface area (Å²) in [6.45, 7) is 2.28. The molecule has 1 saturated carbocycles. The molecule has 0 unspecified atom stereocenters. The molecule has 1 aliphatic rings. The first kappa shape index (κ1) is 15.7. The van der Waals surface area contributed by atoms with Gasteiger partial charge in [-0.15, -0.1) is 11.8 Å². The number of anilines is 1. The Morgan fingerprint density at radius 1 is 1.40 bits per heavy atom. The molecule has 0 spiro atoms. The van der Waals surface area contributed by atoms with Gasteiger partial charge in [-0.2, -0.15) is 0 Å². The van der Waals surface area contributed by atoms with Crippen LogP contribution in [0, 0.1) is 5.92 Å². The van der Waals surface area contributed by atoms with Gasteiger partial charge in [0.1, 0.15) is 0 Å². The molecule has 3 nitrogen and oxygen atoms in total. The average molecular weight is 357 g/mol. The molecule has 1 fully saturated rings. The van der Waals surface area contributed by atoms with Crippen molar-refractivity contribution >= 4 is 39.3 Å². The van der Waals surface area contributed by atoms with E-state index in [0.717, 1.165) is 33.8 Å². The van der Waals surface area contributed by atoms with E-state index in [0.29, 0.717) is 11.8 Å². The van der Waals surface area contributed by atoms with Crippen molar-refractivity contribution in [1.82, 2.24) is 5.32 Å². The lowest BCUT2D eigenvalue weighted by atomic mass is 9.87. The molecular formula is C15H21BrN2OS. The van der Waals surface area contributed by atoms with Gasteiger partial charge in [0.25, 0.3) is 0 Å². The average Bonchev–Trinajstić information content (AvgIpc) is 2.40. The number of nitrogen functional groups attached to an aromatic ring is 1. The standard InChI is InChI=1S/C15H21BrN2OS/c1-10-2-5-12(6-3-10)18-15(19)9-20-14-7-4-11(17)8-13(14)16/h4,7-8,10,12H,2-3,5-6,9,17H2,1H3,(H,18,19). The fourth-order valence-electron chi connectivity index (χ4n) is 2.45. The van der Waals surface area contributed by atoms with E-state index in [9.17, 15) is 4.79 Å². The largest absolute Gasteiger partial charge is 0.399 e. The smallest absolute Gasteiger partial charge is 0.230 e. The number of amides is 1. The first-order valence-electron chi connectivity index (χ1n) is 7.02. The van der Waals surface area contributed by atoms with E-state index in [1.165, 1.54) is 24.6 Å². The van der Waals surface area contributed by atoms with Gasteiger partial charge in [-0.1, -0.05) is 6.92 Å². The third kappa shape index (κ3) is 4.70. The Hall–Kier alpha value is -0.680. The summed E-state index contributed by atoms with van der Waals surface area (Å²) in [5.74, 6) is 1.38. The van der Waals surface area contributed by atoms with Crippen LogP contribution in [0.1, 0.15) is 32.6 Å². The van der Waals surface area contributed by atoms with Crippen LogP contribution in [0.25, 0.3) is 0 Å². The zero-order valence-electron chi connectivity index (χ0n) is 11.7. The molecule has 1 aliphatic carbocycles. The number of hydrogen-bond acceptors (Lipinski definition) is 3. The minimum atomic E-state index is 0.123. The molecule has 5 heteroatoms. The zero-order chi connectivity index (χ0) is 14.5. The summed E-state index contributed by atoms with van der Waals surface area (Å²) in [6.07, 6.45) is 4.68.